The van der Waals surface area contributed by atoms with Gasteiger partial charge in [-0.1, -0.05) is 41.9 Å². The van der Waals surface area contributed by atoms with Crippen LogP contribution in [-0.2, 0) is 25.5 Å². The van der Waals surface area contributed by atoms with E-state index in [-0.39, 0.29) is 12.5 Å². The third-order valence-electron chi connectivity index (χ3n) is 3.87. The van der Waals surface area contributed by atoms with Gasteiger partial charge in [-0.25, -0.2) is 4.79 Å². The minimum absolute atomic E-state index is 0.111. The van der Waals surface area contributed by atoms with Crippen molar-refractivity contribution in [3.8, 4) is 11.1 Å². The molecule has 2 aromatic carbocycles. The smallest absolute Gasteiger partial charge is 0.328 e. The average Bonchev–Trinajstić information content (AvgIpc) is 2.60. The number of hydrogen-bond acceptors (Lipinski definition) is 4. The molecule has 1 atom stereocenters. The van der Waals surface area contributed by atoms with Crippen LogP contribution >= 0.6 is 11.6 Å². The van der Waals surface area contributed by atoms with Crippen LogP contribution in [0.5, 0.6) is 0 Å². The van der Waals surface area contributed by atoms with Gasteiger partial charge < -0.3 is 14.8 Å². The number of halogens is 1. The number of esters is 1. The number of ether oxygens (including phenoxy) is 2. The number of benzene rings is 2. The topological polar surface area (TPSA) is 64.6 Å². The van der Waals surface area contributed by atoms with Crippen LogP contribution in [0.1, 0.15) is 11.1 Å². The van der Waals surface area contributed by atoms with Gasteiger partial charge >= 0.3 is 5.97 Å². The molecule has 5 nitrogen and oxygen atoms in total. The van der Waals surface area contributed by atoms with E-state index >= 15 is 0 Å². The Morgan fingerprint density at radius 3 is 2.35 bits per heavy atom. The maximum absolute atomic E-state index is 11.9. The lowest BCUT2D eigenvalue weighted by Crippen LogP contribution is -2.44. The summed E-state index contributed by atoms with van der Waals surface area (Å²) in [6.45, 7) is 1.88. The summed E-state index contributed by atoms with van der Waals surface area (Å²) in [5, 5.41) is 3.31. The van der Waals surface area contributed by atoms with Crippen LogP contribution in [0.2, 0.25) is 5.02 Å². The molecule has 0 aromatic heterocycles. The van der Waals surface area contributed by atoms with Crippen molar-refractivity contribution in [3.05, 3.63) is 58.6 Å². The summed E-state index contributed by atoms with van der Waals surface area (Å²) in [6, 6.07) is 12.9. The highest BCUT2D eigenvalue weighted by atomic mass is 35.5. The zero-order valence-electron chi connectivity index (χ0n) is 15.0. The molecule has 0 heterocycles. The van der Waals surface area contributed by atoms with Crippen LogP contribution in [-0.4, -0.2) is 38.7 Å². The van der Waals surface area contributed by atoms with Crippen molar-refractivity contribution >= 4 is 23.5 Å². The third kappa shape index (κ3) is 5.58. The van der Waals surface area contributed by atoms with Gasteiger partial charge in [0.25, 0.3) is 0 Å². The lowest BCUT2D eigenvalue weighted by Gasteiger charge is -2.16. The standard InChI is InChI=1S/C20H22ClNO4/c1-13-8-16(11-17(21)9-13)15-6-4-14(5-7-15)10-18(20(24)26-3)22-19(23)12-25-2/h4-9,11,18H,10,12H2,1-3H3,(H,22,23)/t18-/m1/s1. The number of amides is 1. The van der Waals surface area contributed by atoms with Gasteiger partial charge in [-0.05, 0) is 41.3 Å². The van der Waals surface area contributed by atoms with Crippen molar-refractivity contribution < 1.29 is 19.1 Å². The van der Waals surface area contributed by atoms with Gasteiger partial charge in [0.2, 0.25) is 5.91 Å². The molecule has 6 heteroatoms. The summed E-state index contributed by atoms with van der Waals surface area (Å²) in [5.41, 5.74) is 4.04. The molecule has 2 rings (SSSR count). The van der Waals surface area contributed by atoms with Crippen LogP contribution in [0.15, 0.2) is 42.5 Å². The average molecular weight is 376 g/mol. The number of rotatable bonds is 7. The molecule has 0 saturated heterocycles. The Bertz CT molecular complexity index is 754. The fourth-order valence-electron chi connectivity index (χ4n) is 2.67. The molecule has 0 bridgehead atoms. The molecule has 0 aliphatic heterocycles. The molecule has 0 fully saturated rings. The summed E-state index contributed by atoms with van der Waals surface area (Å²) < 4.78 is 9.55. The van der Waals surface area contributed by atoms with E-state index in [0.29, 0.717) is 11.4 Å². The number of hydrogen-bond donors (Lipinski definition) is 1. The highest BCUT2D eigenvalue weighted by Gasteiger charge is 2.21. The highest BCUT2D eigenvalue weighted by molar-refractivity contribution is 6.30. The van der Waals surface area contributed by atoms with Gasteiger partial charge in [0.1, 0.15) is 12.6 Å². The van der Waals surface area contributed by atoms with E-state index in [9.17, 15) is 9.59 Å². The van der Waals surface area contributed by atoms with Crippen LogP contribution in [0.4, 0.5) is 0 Å². The van der Waals surface area contributed by atoms with Crippen molar-refractivity contribution in [1.82, 2.24) is 5.32 Å². The van der Waals surface area contributed by atoms with Crippen molar-refractivity contribution in [2.45, 2.75) is 19.4 Å². The van der Waals surface area contributed by atoms with Gasteiger partial charge in [-0.2, -0.15) is 0 Å². The first-order valence-corrected chi connectivity index (χ1v) is 8.53. The van der Waals surface area contributed by atoms with E-state index in [0.717, 1.165) is 22.3 Å². The van der Waals surface area contributed by atoms with Crippen LogP contribution in [0, 0.1) is 6.92 Å². The first kappa shape index (κ1) is 19.9. The summed E-state index contributed by atoms with van der Waals surface area (Å²) in [6.07, 6.45) is 0.330. The lowest BCUT2D eigenvalue weighted by molar-refractivity contribution is -0.145. The van der Waals surface area contributed by atoms with Crippen LogP contribution in [0.25, 0.3) is 11.1 Å². The number of methoxy groups -OCH3 is 2. The van der Waals surface area contributed by atoms with E-state index in [4.69, 9.17) is 21.1 Å². The second kappa shape index (κ2) is 9.36. The van der Waals surface area contributed by atoms with Gasteiger partial charge in [-0.3, -0.25) is 4.79 Å². The molecule has 0 radical (unpaired) electrons. The number of carbonyl (C=O) groups excluding carboxylic acids is 2. The Kier molecular flexibility index (Phi) is 7.18. The van der Waals surface area contributed by atoms with Gasteiger partial charge in [-0.15, -0.1) is 0 Å². The normalized spacial score (nSPS) is 11.7. The molecule has 26 heavy (non-hydrogen) atoms. The monoisotopic (exact) mass is 375 g/mol. The Hall–Kier alpha value is -2.37. The van der Waals surface area contributed by atoms with Crippen LogP contribution in [0.3, 0.4) is 0 Å². The Labute approximate surface area is 158 Å². The predicted molar refractivity (Wildman–Crippen MR) is 101 cm³/mol. The van der Waals surface area contributed by atoms with Crippen molar-refractivity contribution in [1.29, 1.82) is 0 Å². The molecule has 138 valence electrons. The number of nitrogens with one attached hydrogen (secondary N) is 1. The maximum Gasteiger partial charge on any atom is 0.328 e. The SMILES string of the molecule is COCC(=O)N[C@H](Cc1ccc(-c2cc(C)cc(Cl)c2)cc1)C(=O)OC. The molecular weight excluding hydrogens is 354 g/mol. The quantitative estimate of drug-likeness (QED) is 0.755. The second-order valence-corrected chi connectivity index (χ2v) is 6.43. The zero-order valence-corrected chi connectivity index (χ0v) is 15.8. The van der Waals surface area contributed by atoms with E-state index in [2.05, 4.69) is 11.4 Å². The molecular formula is C20H22ClNO4. The van der Waals surface area contributed by atoms with Gasteiger partial charge in [0, 0.05) is 18.6 Å². The van der Waals surface area contributed by atoms with E-state index in [1.54, 1.807) is 0 Å². The lowest BCUT2D eigenvalue weighted by atomic mass is 9.99. The first-order chi connectivity index (χ1) is 12.4. The minimum Gasteiger partial charge on any atom is -0.467 e. The highest BCUT2D eigenvalue weighted by Crippen LogP contribution is 2.25. The fourth-order valence-corrected chi connectivity index (χ4v) is 2.96. The Morgan fingerprint density at radius 2 is 1.77 bits per heavy atom. The zero-order chi connectivity index (χ0) is 19.1. The largest absolute Gasteiger partial charge is 0.467 e. The first-order valence-electron chi connectivity index (χ1n) is 8.15. The van der Waals surface area contributed by atoms with E-state index in [1.165, 1.54) is 14.2 Å². The fraction of sp³-hybridized carbons (Fsp3) is 0.300. The molecule has 2 aromatic rings. The molecule has 1 N–H and O–H groups in total. The molecule has 0 saturated carbocycles. The Morgan fingerprint density at radius 1 is 1.08 bits per heavy atom. The third-order valence-corrected chi connectivity index (χ3v) is 4.08. The minimum atomic E-state index is -0.762. The number of aryl methyl sites for hydroxylation is 1. The maximum atomic E-state index is 11.9. The van der Waals surface area contributed by atoms with Crippen molar-refractivity contribution in [2.24, 2.45) is 0 Å². The van der Waals surface area contributed by atoms with Gasteiger partial charge in [0.15, 0.2) is 0 Å². The van der Waals surface area contributed by atoms with Crippen molar-refractivity contribution in [2.75, 3.05) is 20.8 Å². The van der Waals surface area contributed by atoms with Crippen LogP contribution < -0.4 is 5.32 Å². The molecule has 1 amide bonds. The van der Waals surface area contributed by atoms with Gasteiger partial charge in [0.05, 0.1) is 7.11 Å². The predicted octanol–water partition coefficient (Wildman–Crippen LogP) is 3.16. The van der Waals surface area contributed by atoms with Crippen molar-refractivity contribution in [3.63, 3.8) is 0 Å². The van der Waals surface area contributed by atoms with E-state index < -0.39 is 12.0 Å². The summed E-state index contributed by atoms with van der Waals surface area (Å²) in [5.74, 6) is -0.863. The second-order valence-electron chi connectivity index (χ2n) is 5.99. The molecule has 0 aliphatic rings. The molecule has 0 aliphatic carbocycles. The molecule has 0 unspecified atom stereocenters. The summed E-state index contributed by atoms with van der Waals surface area (Å²) in [7, 11) is 2.71. The Balaban J connectivity index is 2.14. The van der Waals surface area contributed by atoms with E-state index in [1.807, 2.05) is 43.3 Å². The number of carbonyl (C=O) groups is 2. The summed E-state index contributed by atoms with van der Waals surface area (Å²) in [4.78, 5) is 23.6. The summed E-state index contributed by atoms with van der Waals surface area (Å²) >= 11 is 6.12. The molecule has 0 spiro atoms.